The van der Waals surface area contributed by atoms with Gasteiger partial charge in [-0.05, 0) is 45.5 Å². The van der Waals surface area contributed by atoms with Crippen LogP contribution in [0.15, 0.2) is 31.0 Å². The fraction of sp³-hybridized carbons (Fsp3) is 0.500. The number of hydrogen-bond acceptors (Lipinski definition) is 9. The van der Waals surface area contributed by atoms with Crippen LogP contribution < -0.4 is 25.2 Å². The Hall–Kier alpha value is -3.08. The number of halogens is 1. The summed E-state index contributed by atoms with van der Waals surface area (Å²) in [6.07, 6.45) is 6.15. The number of carbonyl (C=O) groups excluding carboxylic acids is 1. The van der Waals surface area contributed by atoms with Gasteiger partial charge >= 0.3 is 0 Å². The van der Waals surface area contributed by atoms with Crippen LogP contribution in [0.4, 0.5) is 28.8 Å². The summed E-state index contributed by atoms with van der Waals surface area (Å²) in [6.45, 7) is 6.81. The van der Waals surface area contributed by atoms with Crippen molar-refractivity contribution in [2.24, 2.45) is 0 Å². The molecule has 2 bridgehead atoms. The van der Waals surface area contributed by atoms with Gasteiger partial charge in [0.15, 0.2) is 5.82 Å². The van der Waals surface area contributed by atoms with Crippen molar-refractivity contribution in [2.45, 2.75) is 37.5 Å². The molecule has 1 aromatic heterocycles. The van der Waals surface area contributed by atoms with Gasteiger partial charge in [0.2, 0.25) is 11.9 Å². The third-order valence-electron chi connectivity index (χ3n) is 7.44. The van der Waals surface area contributed by atoms with Gasteiger partial charge in [-0.15, -0.1) is 0 Å². The fourth-order valence-electron chi connectivity index (χ4n) is 5.40. The molecule has 2 aromatic rings. The predicted molar refractivity (Wildman–Crippen MR) is 147 cm³/mol. The zero-order chi connectivity index (χ0) is 26.1. The number of benzene rings is 1. The van der Waals surface area contributed by atoms with E-state index in [1.54, 1.807) is 13.3 Å². The third-order valence-corrected chi connectivity index (χ3v) is 7.71. The van der Waals surface area contributed by atoms with Gasteiger partial charge < -0.3 is 34.8 Å². The zero-order valence-corrected chi connectivity index (χ0v) is 22.3. The Balaban J connectivity index is 1.44. The summed E-state index contributed by atoms with van der Waals surface area (Å²) in [5.41, 5.74) is 2.20. The average Bonchev–Trinajstić information content (AvgIpc) is 3.54. The Bertz CT molecular complexity index is 1170. The van der Waals surface area contributed by atoms with Crippen molar-refractivity contribution in [1.82, 2.24) is 14.9 Å². The van der Waals surface area contributed by atoms with Crippen LogP contribution in [0.2, 0.25) is 5.02 Å². The topological polar surface area (TPSA) is 95.1 Å². The number of fused-ring (bicyclic) bond motifs is 2. The second-order valence-corrected chi connectivity index (χ2v) is 10.3. The number of nitrogens with one attached hydrogen (secondary N) is 2. The van der Waals surface area contributed by atoms with Gasteiger partial charge in [-0.2, -0.15) is 4.98 Å². The van der Waals surface area contributed by atoms with E-state index < -0.39 is 0 Å². The SMILES string of the molecule is C=CC(=O)Nc1cc(Nc2ncc(Cl)c(N3C[C@@H]4C[C@H]3CO4)n2)c(OC)cc1N1CCC(N(C)C)CC1. The molecule has 0 aliphatic carbocycles. The molecule has 3 aliphatic heterocycles. The molecule has 1 amide bonds. The summed E-state index contributed by atoms with van der Waals surface area (Å²) in [5, 5.41) is 6.74. The van der Waals surface area contributed by atoms with Crippen LogP contribution in [-0.4, -0.2) is 86.4 Å². The first-order chi connectivity index (χ1) is 17.9. The summed E-state index contributed by atoms with van der Waals surface area (Å²) in [7, 11) is 5.86. The minimum Gasteiger partial charge on any atom is -0.494 e. The van der Waals surface area contributed by atoms with E-state index in [1.165, 1.54) is 6.08 Å². The van der Waals surface area contributed by atoms with Gasteiger partial charge in [0.25, 0.3) is 0 Å². The van der Waals surface area contributed by atoms with Gasteiger partial charge in [-0.25, -0.2) is 4.98 Å². The van der Waals surface area contributed by atoms with Crippen molar-refractivity contribution in [1.29, 1.82) is 0 Å². The van der Waals surface area contributed by atoms with Crippen LogP contribution in [-0.2, 0) is 9.53 Å². The van der Waals surface area contributed by atoms with E-state index in [-0.39, 0.29) is 18.1 Å². The molecule has 198 valence electrons. The lowest BCUT2D eigenvalue weighted by Gasteiger charge is -2.37. The van der Waals surface area contributed by atoms with Crippen molar-refractivity contribution in [3.8, 4) is 5.75 Å². The average molecular weight is 528 g/mol. The smallest absolute Gasteiger partial charge is 0.247 e. The highest BCUT2D eigenvalue weighted by atomic mass is 35.5. The largest absolute Gasteiger partial charge is 0.494 e. The van der Waals surface area contributed by atoms with Gasteiger partial charge in [0.1, 0.15) is 10.8 Å². The first-order valence-electron chi connectivity index (χ1n) is 12.6. The second kappa shape index (κ2) is 10.7. The van der Waals surface area contributed by atoms with E-state index in [4.69, 9.17) is 26.1 Å². The molecule has 0 saturated carbocycles. The first kappa shape index (κ1) is 25.6. The van der Waals surface area contributed by atoms with Gasteiger partial charge in [0.05, 0.1) is 49.1 Å². The van der Waals surface area contributed by atoms with E-state index in [1.807, 2.05) is 12.1 Å². The lowest BCUT2D eigenvalue weighted by molar-refractivity contribution is -0.111. The van der Waals surface area contributed by atoms with E-state index in [2.05, 4.69) is 51.0 Å². The summed E-state index contributed by atoms with van der Waals surface area (Å²) in [4.78, 5) is 28.2. The Morgan fingerprint density at radius 2 is 2.08 bits per heavy atom. The highest BCUT2D eigenvalue weighted by molar-refractivity contribution is 6.32. The third kappa shape index (κ3) is 5.32. The minimum atomic E-state index is -0.281. The maximum Gasteiger partial charge on any atom is 0.247 e. The first-order valence-corrected chi connectivity index (χ1v) is 13.0. The number of rotatable bonds is 8. The summed E-state index contributed by atoms with van der Waals surface area (Å²) in [6, 6.07) is 4.62. The molecule has 10 nitrogen and oxygen atoms in total. The number of carbonyl (C=O) groups is 1. The van der Waals surface area contributed by atoms with Crippen molar-refractivity contribution in [3.05, 3.63) is 36.0 Å². The molecule has 4 heterocycles. The van der Waals surface area contributed by atoms with Crippen LogP contribution >= 0.6 is 11.6 Å². The summed E-state index contributed by atoms with van der Waals surface area (Å²) in [5.74, 6) is 1.42. The van der Waals surface area contributed by atoms with Crippen molar-refractivity contribution in [3.63, 3.8) is 0 Å². The Morgan fingerprint density at radius 1 is 1.30 bits per heavy atom. The second-order valence-electron chi connectivity index (χ2n) is 9.93. The van der Waals surface area contributed by atoms with Crippen LogP contribution in [0.5, 0.6) is 5.75 Å². The molecule has 3 aliphatic rings. The molecule has 2 atom stereocenters. The van der Waals surface area contributed by atoms with Crippen molar-refractivity contribution in [2.75, 3.05) is 67.9 Å². The van der Waals surface area contributed by atoms with Crippen LogP contribution in [0.3, 0.4) is 0 Å². The van der Waals surface area contributed by atoms with Crippen LogP contribution in [0.1, 0.15) is 19.3 Å². The number of aromatic nitrogens is 2. The number of methoxy groups -OCH3 is 1. The number of ether oxygens (including phenoxy) is 2. The molecule has 3 fully saturated rings. The zero-order valence-electron chi connectivity index (χ0n) is 21.5. The molecule has 3 saturated heterocycles. The summed E-state index contributed by atoms with van der Waals surface area (Å²) >= 11 is 6.48. The molecule has 2 N–H and O–H groups in total. The van der Waals surface area contributed by atoms with Gasteiger partial charge in [-0.3, -0.25) is 4.79 Å². The highest BCUT2D eigenvalue weighted by Crippen LogP contribution is 2.40. The molecule has 11 heteroatoms. The molecule has 37 heavy (non-hydrogen) atoms. The lowest BCUT2D eigenvalue weighted by Crippen LogP contribution is -2.42. The lowest BCUT2D eigenvalue weighted by atomic mass is 10.0. The van der Waals surface area contributed by atoms with Crippen LogP contribution in [0.25, 0.3) is 0 Å². The van der Waals surface area contributed by atoms with Gasteiger partial charge in [0, 0.05) is 31.7 Å². The molecular weight excluding hydrogens is 494 g/mol. The maximum atomic E-state index is 12.3. The summed E-state index contributed by atoms with van der Waals surface area (Å²) < 4.78 is 11.5. The minimum absolute atomic E-state index is 0.221. The standard InChI is InChI=1S/C26H34ClN7O3/c1-5-24(35)29-20-11-21(23(36-4)12-22(20)33-8-6-16(7-9-33)32(2)3)30-26-28-13-19(27)25(31-26)34-14-18-10-17(34)15-37-18/h5,11-13,16-18H,1,6-10,14-15H2,2-4H3,(H,29,35)(H,28,30,31)/t17-,18-/m0/s1. The molecule has 5 rings (SSSR count). The predicted octanol–water partition coefficient (Wildman–Crippen LogP) is 3.51. The monoisotopic (exact) mass is 527 g/mol. The number of morpholine rings is 1. The van der Waals surface area contributed by atoms with Crippen LogP contribution in [0, 0.1) is 0 Å². The van der Waals surface area contributed by atoms with E-state index in [9.17, 15) is 4.79 Å². The quantitative estimate of drug-likeness (QED) is 0.500. The van der Waals surface area contributed by atoms with Gasteiger partial charge in [-0.1, -0.05) is 18.2 Å². The molecular formula is C26H34ClN7O3. The normalized spacial score (nSPS) is 21.4. The Kier molecular flexibility index (Phi) is 7.41. The number of hydrogen-bond donors (Lipinski definition) is 2. The molecule has 0 unspecified atom stereocenters. The Morgan fingerprint density at radius 3 is 2.70 bits per heavy atom. The van der Waals surface area contributed by atoms with E-state index >= 15 is 0 Å². The number of piperidine rings is 1. The maximum absolute atomic E-state index is 12.3. The molecule has 1 aromatic carbocycles. The number of amides is 1. The number of nitrogens with zero attached hydrogens (tertiary/aromatic N) is 5. The van der Waals surface area contributed by atoms with Crippen molar-refractivity contribution >= 4 is 46.3 Å². The molecule has 0 spiro atoms. The number of anilines is 5. The van der Waals surface area contributed by atoms with Crippen molar-refractivity contribution < 1.29 is 14.3 Å². The Labute approximate surface area is 222 Å². The fourth-order valence-corrected chi connectivity index (χ4v) is 5.60. The van der Waals surface area contributed by atoms with E-state index in [0.717, 1.165) is 44.6 Å². The van der Waals surface area contributed by atoms with E-state index in [0.29, 0.717) is 46.6 Å². The highest BCUT2D eigenvalue weighted by Gasteiger charge is 2.40. The molecule has 0 radical (unpaired) electrons.